The van der Waals surface area contributed by atoms with Crippen LogP contribution >= 0.6 is 47.8 Å². The van der Waals surface area contributed by atoms with E-state index in [1.54, 1.807) is 23.9 Å². The van der Waals surface area contributed by atoms with Crippen LogP contribution < -0.4 is 5.32 Å². The average Bonchev–Trinajstić information content (AvgIpc) is 3.26. The van der Waals surface area contributed by atoms with Gasteiger partial charge in [0, 0.05) is 48.2 Å². The number of nitrogens with zero attached hydrogens (tertiary/aromatic N) is 2. The summed E-state index contributed by atoms with van der Waals surface area (Å²) in [5, 5.41) is 7.41. The van der Waals surface area contributed by atoms with Crippen LogP contribution in [-0.2, 0) is 6.54 Å². The van der Waals surface area contributed by atoms with Gasteiger partial charge < -0.3 is 9.73 Å². The molecule has 8 heteroatoms. The number of benzene rings is 1. The molecular formula is C18H20Cl3N3OS. The zero-order valence-electron chi connectivity index (χ0n) is 13.9. The Labute approximate surface area is 174 Å². The van der Waals surface area contributed by atoms with Crippen molar-refractivity contribution in [3.8, 4) is 10.6 Å². The van der Waals surface area contributed by atoms with Crippen molar-refractivity contribution in [1.82, 2.24) is 15.2 Å². The summed E-state index contributed by atoms with van der Waals surface area (Å²) in [5.74, 6) is 0. The molecule has 1 unspecified atom stereocenters. The highest BCUT2D eigenvalue weighted by atomic mass is 35.5. The van der Waals surface area contributed by atoms with Gasteiger partial charge in [-0.2, -0.15) is 0 Å². The predicted molar refractivity (Wildman–Crippen MR) is 112 cm³/mol. The smallest absolute Gasteiger partial charge is 0.126 e. The Morgan fingerprint density at radius 1 is 1.31 bits per heavy atom. The molecule has 1 saturated heterocycles. The molecular weight excluding hydrogens is 413 g/mol. The topological polar surface area (TPSA) is 41.3 Å². The van der Waals surface area contributed by atoms with Crippen molar-refractivity contribution < 1.29 is 4.42 Å². The molecule has 0 radical (unpaired) electrons. The number of furan rings is 1. The largest absolute Gasteiger partial charge is 0.472 e. The van der Waals surface area contributed by atoms with Gasteiger partial charge in [-0.05, 0) is 23.8 Å². The van der Waals surface area contributed by atoms with Gasteiger partial charge in [0.05, 0.1) is 12.0 Å². The van der Waals surface area contributed by atoms with Gasteiger partial charge >= 0.3 is 0 Å². The van der Waals surface area contributed by atoms with Gasteiger partial charge in [-0.15, -0.1) is 36.2 Å². The molecule has 1 fully saturated rings. The molecule has 0 bridgehead atoms. The summed E-state index contributed by atoms with van der Waals surface area (Å²) in [6.07, 6.45) is 3.42. The third-order valence-corrected chi connectivity index (χ3v) is 5.45. The van der Waals surface area contributed by atoms with Crippen molar-refractivity contribution in [2.45, 2.75) is 12.6 Å². The van der Waals surface area contributed by atoms with E-state index < -0.39 is 0 Å². The van der Waals surface area contributed by atoms with Crippen LogP contribution in [0.3, 0.4) is 0 Å². The molecule has 3 heterocycles. The number of halogens is 3. The summed E-state index contributed by atoms with van der Waals surface area (Å²) in [6.45, 7) is 3.76. The Morgan fingerprint density at radius 2 is 2.19 bits per heavy atom. The second-order valence-electron chi connectivity index (χ2n) is 5.90. The Kier molecular flexibility index (Phi) is 7.95. The van der Waals surface area contributed by atoms with Crippen LogP contribution in [0.5, 0.6) is 0 Å². The molecule has 26 heavy (non-hydrogen) atoms. The van der Waals surface area contributed by atoms with Crippen LogP contribution in [-0.4, -0.2) is 29.5 Å². The minimum absolute atomic E-state index is 0. The molecule has 0 spiro atoms. The van der Waals surface area contributed by atoms with Gasteiger partial charge in [0.25, 0.3) is 0 Å². The zero-order valence-corrected chi connectivity index (χ0v) is 17.1. The van der Waals surface area contributed by atoms with Crippen LogP contribution in [0, 0.1) is 0 Å². The molecule has 3 aromatic rings. The third kappa shape index (κ3) is 4.80. The van der Waals surface area contributed by atoms with Crippen LogP contribution in [0.2, 0.25) is 5.02 Å². The number of nitrogens with one attached hydrogen (secondary N) is 1. The maximum absolute atomic E-state index is 6.17. The van der Waals surface area contributed by atoms with E-state index in [0.29, 0.717) is 6.04 Å². The van der Waals surface area contributed by atoms with Gasteiger partial charge in [-0.1, -0.05) is 23.7 Å². The number of aromatic nitrogens is 1. The highest BCUT2D eigenvalue weighted by Crippen LogP contribution is 2.28. The molecule has 2 aromatic heterocycles. The van der Waals surface area contributed by atoms with E-state index in [1.165, 1.54) is 5.56 Å². The lowest BCUT2D eigenvalue weighted by atomic mass is 10.0. The number of thiazole rings is 1. The van der Waals surface area contributed by atoms with E-state index in [-0.39, 0.29) is 24.8 Å². The standard InChI is InChI=1S/C18H18ClN3OS.2ClH/c19-15-3-1-2-13(8-15)17-9-20-5-6-22(17)10-16-12-24-18(21-16)14-4-7-23-11-14;;/h1-4,7-8,11-12,17,20H,5-6,9-10H2;2*1H. The van der Waals surface area contributed by atoms with Crippen molar-refractivity contribution in [2.75, 3.05) is 19.6 Å². The van der Waals surface area contributed by atoms with Crippen LogP contribution in [0.4, 0.5) is 0 Å². The van der Waals surface area contributed by atoms with E-state index in [2.05, 4.69) is 27.7 Å². The third-order valence-electron chi connectivity index (χ3n) is 4.27. The van der Waals surface area contributed by atoms with Gasteiger partial charge in [0.15, 0.2) is 0 Å². The monoisotopic (exact) mass is 431 g/mol. The Morgan fingerprint density at radius 3 is 2.96 bits per heavy atom. The minimum atomic E-state index is 0. The quantitative estimate of drug-likeness (QED) is 0.626. The number of piperazine rings is 1. The van der Waals surface area contributed by atoms with Crippen molar-refractivity contribution in [2.24, 2.45) is 0 Å². The second kappa shape index (κ2) is 9.74. The zero-order chi connectivity index (χ0) is 16.4. The lowest BCUT2D eigenvalue weighted by Crippen LogP contribution is -2.45. The molecule has 1 atom stereocenters. The molecule has 4 nitrogen and oxygen atoms in total. The summed E-state index contributed by atoms with van der Waals surface area (Å²) >= 11 is 7.83. The molecule has 140 valence electrons. The molecule has 0 aliphatic carbocycles. The van der Waals surface area contributed by atoms with Crippen molar-refractivity contribution >= 4 is 47.8 Å². The first-order valence-electron chi connectivity index (χ1n) is 7.97. The number of hydrogen-bond donors (Lipinski definition) is 1. The number of rotatable bonds is 4. The molecule has 1 N–H and O–H groups in total. The van der Waals surface area contributed by atoms with E-state index in [1.807, 2.05) is 18.2 Å². The maximum atomic E-state index is 6.17. The highest BCUT2D eigenvalue weighted by Gasteiger charge is 2.24. The maximum Gasteiger partial charge on any atom is 0.126 e. The Balaban J connectivity index is 0.00000121. The summed E-state index contributed by atoms with van der Waals surface area (Å²) in [5.41, 5.74) is 3.39. The normalized spacial score (nSPS) is 17.3. The highest BCUT2D eigenvalue weighted by molar-refractivity contribution is 7.13. The van der Waals surface area contributed by atoms with Crippen LogP contribution in [0.25, 0.3) is 10.6 Å². The van der Waals surface area contributed by atoms with Gasteiger partial charge in [-0.25, -0.2) is 4.98 Å². The average molecular weight is 433 g/mol. The summed E-state index contributed by atoms with van der Waals surface area (Å²) in [6, 6.07) is 10.4. The van der Waals surface area contributed by atoms with Crippen LogP contribution in [0.1, 0.15) is 17.3 Å². The Bertz CT molecular complexity index is 810. The fourth-order valence-electron chi connectivity index (χ4n) is 3.08. The molecule has 0 amide bonds. The first-order valence-corrected chi connectivity index (χ1v) is 9.22. The fraction of sp³-hybridized carbons (Fsp3) is 0.278. The van der Waals surface area contributed by atoms with E-state index in [0.717, 1.165) is 47.5 Å². The molecule has 1 aromatic carbocycles. The second-order valence-corrected chi connectivity index (χ2v) is 7.20. The fourth-order valence-corrected chi connectivity index (χ4v) is 4.08. The van der Waals surface area contributed by atoms with E-state index >= 15 is 0 Å². The molecule has 1 aliphatic rings. The Hall–Kier alpha value is -1.08. The van der Waals surface area contributed by atoms with E-state index in [9.17, 15) is 0 Å². The minimum Gasteiger partial charge on any atom is -0.472 e. The van der Waals surface area contributed by atoms with Crippen molar-refractivity contribution in [3.05, 3.63) is 64.5 Å². The number of hydrogen-bond acceptors (Lipinski definition) is 5. The first-order chi connectivity index (χ1) is 11.8. The molecule has 4 rings (SSSR count). The van der Waals surface area contributed by atoms with Gasteiger partial charge in [-0.3, -0.25) is 4.90 Å². The SMILES string of the molecule is Cl.Cl.Clc1cccc(C2CNCCN2Cc2csc(-c3ccoc3)n2)c1. The lowest BCUT2D eigenvalue weighted by Gasteiger charge is -2.36. The lowest BCUT2D eigenvalue weighted by molar-refractivity contribution is 0.152. The molecule has 0 saturated carbocycles. The van der Waals surface area contributed by atoms with Gasteiger partial charge in [0.2, 0.25) is 0 Å². The molecule has 1 aliphatic heterocycles. The summed E-state index contributed by atoms with van der Waals surface area (Å²) in [7, 11) is 0. The predicted octanol–water partition coefficient (Wildman–Crippen LogP) is 5.05. The van der Waals surface area contributed by atoms with Crippen molar-refractivity contribution in [3.63, 3.8) is 0 Å². The summed E-state index contributed by atoms with van der Waals surface area (Å²) in [4.78, 5) is 7.23. The van der Waals surface area contributed by atoms with Gasteiger partial charge in [0.1, 0.15) is 11.3 Å². The van der Waals surface area contributed by atoms with Crippen LogP contribution in [0.15, 0.2) is 52.7 Å². The first kappa shape index (κ1) is 21.2. The van der Waals surface area contributed by atoms with E-state index in [4.69, 9.17) is 21.0 Å². The summed E-state index contributed by atoms with van der Waals surface area (Å²) < 4.78 is 5.15. The van der Waals surface area contributed by atoms with Crippen molar-refractivity contribution in [1.29, 1.82) is 0 Å².